The zero-order valence-corrected chi connectivity index (χ0v) is 24.5. The third-order valence-electron chi connectivity index (χ3n) is 8.09. The Morgan fingerprint density at radius 1 is 1.07 bits per heavy atom. The van der Waals surface area contributed by atoms with Gasteiger partial charge in [0.2, 0.25) is 5.91 Å². The Balaban J connectivity index is 1.35. The monoisotopic (exact) mass is 560 g/mol. The van der Waals surface area contributed by atoms with Crippen molar-refractivity contribution in [3.63, 3.8) is 0 Å². The predicted octanol–water partition coefficient (Wildman–Crippen LogP) is 4.53. The Morgan fingerprint density at radius 2 is 1.85 bits per heavy atom. The molecule has 4 heterocycles. The van der Waals surface area contributed by atoms with Gasteiger partial charge in [0.05, 0.1) is 31.0 Å². The largest absolute Gasteiger partial charge is 0.379 e. The second-order valence-corrected chi connectivity index (χ2v) is 11.1. The van der Waals surface area contributed by atoms with E-state index in [2.05, 4.69) is 49.9 Å². The van der Waals surface area contributed by atoms with Crippen molar-refractivity contribution in [1.29, 1.82) is 0 Å². The lowest BCUT2D eigenvalue weighted by Gasteiger charge is -2.28. The molecule has 5 rings (SSSR count). The molecule has 212 valence electrons. The molecule has 0 unspecified atom stereocenters. The van der Waals surface area contributed by atoms with Crippen molar-refractivity contribution in [2.75, 3.05) is 44.7 Å². The van der Waals surface area contributed by atoms with Crippen molar-refractivity contribution in [1.82, 2.24) is 24.7 Å². The number of carbonyl (C=O) groups excluding carboxylic acids is 1. The van der Waals surface area contributed by atoms with E-state index in [0.29, 0.717) is 18.1 Å². The van der Waals surface area contributed by atoms with Crippen LogP contribution in [0.4, 0.5) is 5.69 Å². The zero-order chi connectivity index (χ0) is 28.1. The van der Waals surface area contributed by atoms with Gasteiger partial charge in [-0.3, -0.25) is 14.7 Å². The number of hydrogen-bond acceptors (Lipinski definition) is 5. The van der Waals surface area contributed by atoms with E-state index in [0.717, 1.165) is 62.8 Å². The van der Waals surface area contributed by atoms with Gasteiger partial charge < -0.3 is 24.8 Å². The highest BCUT2D eigenvalue weighted by molar-refractivity contribution is 7.80. The number of morpholine rings is 1. The van der Waals surface area contributed by atoms with Gasteiger partial charge in [0, 0.05) is 62.4 Å². The topological polar surface area (TPSA) is 74.7 Å². The zero-order valence-electron chi connectivity index (χ0n) is 23.7. The van der Waals surface area contributed by atoms with Crippen LogP contribution in [0.1, 0.15) is 53.1 Å². The number of hydrogen-bond donors (Lipinski definition) is 2. The molecule has 8 nitrogen and oxygen atoms in total. The summed E-state index contributed by atoms with van der Waals surface area (Å²) < 4.78 is 7.93. The van der Waals surface area contributed by atoms with Gasteiger partial charge in [0.25, 0.3) is 0 Å². The number of para-hydroxylation sites is 1. The molecule has 1 amide bonds. The maximum Gasteiger partial charge on any atom is 0.226 e. The van der Waals surface area contributed by atoms with Crippen LogP contribution in [0.15, 0.2) is 54.7 Å². The number of anilines is 1. The molecule has 0 spiro atoms. The van der Waals surface area contributed by atoms with Gasteiger partial charge in [0.1, 0.15) is 0 Å². The molecule has 2 aliphatic rings. The minimum absolute atomic E-state index is 0.0225. The first-order chi connectivity index (χ1) is 19.4. The molecule has 2 aromatic heterocycles. The molecule has 0 bridgehead atoms. The Kier molecular flexibility index (Phi) is 9.14. The summed E-state index contributed by atoms with van der Waals surface area (Å²) in [6.45, 7) is 12.6. The molecule has 0 saturated carbocycles. The third kappa shape index (κ3) is 6.37. The third-order valence-corrected chi connectivity index (χ3v) is 8.44. The van der Waals surface area contributed by atoms with Gasteiger partial charge in [-0.05, 0) is 74.8 Å². The molecule has 0 aliphatic carbocycles. The number of aryl methyl sites for hydroxylation is 2. The highest BCUT2D eigenvalue weighted by atomic mass is 32.1. The van der Waals surface area contributed by atoms with Gasteiger partial charge in [-0.25, -0.2) is 0 Å². The molecule has 3 aromatic rings. The molecule has 2 aliphatic heterocycles. The average molecular weight is 561 g/mol. The number of aromatic nitrogens is 2. The van der Waals surface area contributed by atoms with Gasteiger partial charge in [0.15, 0.2) is 5.11 Å². The summed E-state index contributed by atoms with van der Waals surface area (Å²) in [6, 6.07) is 16.0. The van der Waals surface area contributed by atoms with Crippen LogP contribution in [-0.4, -0.2) is 69.8 Å². The van der Waals surface area contributed by atoms with E-state index < -0.39 is 0 Å². The van der Waals surface area contributed by atoms with Gasteiger partial charge in [-0.1, -0.05) is 24.3 Å². The predicted molar refractivity (Wildman–Crippen MR) is 162 cm³/mol. The fourth-order valence-electron chi connectivity index (χ4n) is 5.88. The van der Waals surface area contributed by atoms with Crippen molar-refractivity contribution >= 4 is 28.9 Å². The lowest BCUT2D eigenvalue weighted by Crippen LogP contribution is -2.37. The van der Waals surface area contributed by atoms with Crippen LogP contribution < -0.4 is 10.6 Å². The molecule has 2 saturated heterocycles. The minimum Gasteiger partial charge on any atom is -0.379 e. The lowest BCUT2D eigenvalue weighted by atomic mass is 9.96. The second-order valence-electron chi connectivity index (χ2n) is 10.7. The van der Waals surface area contributed by atoms with Crippen molar-refractivity contribution < 1.29 is 9.53 Å². The standard InChI is InChI=1S/C31H40N6O2S/c1-22-9-4-5-10-26(22)33-28(38)12-16-37-30(29(34-31(37)40)27-11-6-7-13-32-27)25-21-23(2)36(24(25)3)15-8-14-35-17-19-39-20-18-35/h4-7,9-11,13,21,29-30H,8,12,14-20H2,1-3H3,(H,33,38)(H,34,40)/t29-,30-/m0/s1. The average Bonchev–Trinajstić information content (AvgIpc) is 3.44. The molecule has 0 radical (unpaired) electrons. The lowest BCUT2D eigenvalue weighted by molar-refractivity contribution is -0.116. The van der Waals surface area contributed by atoms with E-state index in [1.54, 1.807) is 0 Å². The molecule has 2 N–H and O–H groups in total. The van der Waals surface area contributed by atoms with Crippen LogP contribution in [0.5, 0.6) is 0 Å². The summed E-state index contributed by atoms with van der Waals surface area (Å²) in [7, 11) is 0. The normalized spacial score (nSPS) is 19.6. The fraction of sp³-hybridized carbons (Fsp3) is 0.452. The van der Waals surface area contributed by atoms with Crippen molar-refractivity contribution in [3.8, 4) is 0 Å². The maximum absolute atomic E-state index is 13.0. The molecular formula is C31H40N6O2S. The number of amides is 1. The van der Waals surface area contributed by atoms with Crippen LogP contribution in [-0.2, 0) is 16.1 Å². The fourth-order valence-corrected chi connectivity index (χ4v) is 6.21. The summed E-state index contributed by atoms with van der Waals surface area (Å²) in [6.07, 6.45) is 3.24. The smallest absolute Gasteiger partial charge is 0.226 e. The second kappa shape index (κ2) is 12.9. The summed E-state index contributed by atoms with van der Waals surface area (Å²) in [5.74, 6) is -0.0225. The summed E-state index contributed by atoms with van der Waals surface area (Å²) in [5.41, 5.74) is 6.54. The van der Waals surface area contributed by atoms with Crippen molar-refractivity contribution in [2.24, 2.45) is 0 Å². The van der Waals surface area contributed by atoms with Gasteiger partial charge in [-0.2, -0.15) is 0 Å². The van der Waals surface area contributed by atoms with Crippen LogP contribution in [0.3, 0.4) is 0 Å². The van der Waals surface area contributed by atoms with Crippen molar-refractivity contribution in [3.05, 3.63) is 82.9 Å². The summed E-state index contributed by atoms with van der Waals surface area (Å²) in [4.78, 5) is 22.3. The number of pyridine rings is 1. The molecule has 40 heavy (non-hydrogen) atoms. The number of benzene rings is 1. The number of ether oxygens (including phenoxy) is 1. The van der Waals surface area contributed by atoms with Crippen molar-refractivity contribution in [2.45, 2.75) is 52.2 Å². The quantitative estimate of drug-likeness (QED) is 0.353. The summed E-state index contributed by atoms with van der Waals surface area (Å²) >= 11 is 5.86. The molecular weight excluding hydrogens is 520 g/mol. The van der Waals surface area contributed by atoms with E-state index in [9.17, 15) is 4.79 Å². The Hall–Kier alpha value is -3.27. The highest BCUT2D eigenvalue weighted by Gasteiger charge is 2.41. The SMILES string of the molecule is Cc1ccccc1NC(=O)CCN1C(=S)N[C@@H](c2ccccn2)[C@@H]1c1cc(C)n(CCCN2CCOCC2)c1C. The number of nitrogens with one attached hydrogen (secondary N) is 2. The molecule has 2 fully saturated rings. The van der Waals surface area contributed by atoms with Crippen LogP contribution in [0.25, 0.3) is 0 Å². The highest BCUT2D eigenvalue weighted by Crippen LogP contribution is 2.41. The van der Waals surface area contributed by atoms with E-state index in [4.69, 9.17) is 17.0 Å². The molecule has 1 aromatic carbocycles. The van der Waals surface area contributed by atoms with E-state index in [-0.39, 0.29) is 18.0 Å². The number of nitrogens with zero attached hydrogens (tertiary/aromatic N) is 4. The van der Waals surface area contributed by atoms with E-state index >= 15 is 0 Å². The van der Waals surface area contributed by atoms with Crippen LogP contribution >= 0.6 is 12.2 Å². The Labute approximate surface area is 242 Å². The molecule has 2 atom stereocenters. The Bertz CT molecular complexity index is 1320. The van der Waals surface area contributed by atoms with Gasteiger partial charge in [-0.15, -0.1) is 0 Å². The van der Waals surface area contributed by atoms with Crippen LogP contribution in [0, 0.1) is 20.8 Å². The van der Waals surface area contributed by atoms with Gasteiger partial charge >= 0.3 is 0 Å². The maximum atomic E-state index is 13.0. The minimum atomic E-state index is -0.101. The first-order valence-corrected chi connectivity index (χ1v) is 14.6. The number of thiocarbonyl (C=S) groups is 1. The summed E-state index contributed by atoms with van der Waals surface area (Å²) in [5, 5.41) is 7.25. The number of carbonyl (C=O) groups is 1. The first kappa shape index (κ1) is 28.3. The van der Waals surface area contributed by atoms with E-state index in [1.165, 1.54) is 17.0 Å². The number of rotatable bonds is 10. The Morgan fingerprint density at radius 3 is 2.60 bits per heavy atom. The van der Waals surface area contributed by atoms with Crippen LogP contribution in [0.2, 0.25) is 0 Å². The molecule has 9 heteroatoms. The van der Waals surface area contributed by atoms with E-state index in [1.807, 2.05) is 55.6 Å². The first-order valence-electron chi connectivity index (χ1n) is 14.2.